The molecule has 0 bridgehead atoms. The van der Waals surface area contributed by atoms with Crippen LogP contribution in [0, 0.1) is 18.7 Å². The molecule has 3 rings (SSSR count). The highest BCUT2D eigenvalue weighted by Crippen LogP contribution is 2.43. The van der Waals surface area contributed by atoms with Crippen LogP contribution in [0.1, 0.15) is 55.0 Å². The van der Waals surface area contributed by atoms with Crippen molar-refractivity contribution in [3.8, 4) is 0 Å². The summed E-state index contributed by atoms with van der Waals surface area (Å²) in [7, 11) is 0. The summed E-state index contributed by atoms with van der Waals surface area (Å²) in [6.45, 7) is 4.24. The van der Waals surface area contributed by atoms with Crippen LogP contribution in [0.3, 0.4) is 0 Å². The molecular weight excluding hydrogens is 263 g/mol. The summed E-state index contributed by atoms with van der Waals surface area (Å²) < 4.78 is 13.4. The van der Waals surface area contributed by atoms with Gasteiger partial charge in [-0.25, -0.2) is 4.39 Å². The SMILES string of the molecule is Cc1ccc(C2CC(c3cccc(F)c3)CCC2C)nn1. The van der Waals surface area contributed by atoms with E-state index in [-0.39, 0.29) is 5.82 Å². The molecule has 0 N–H and O–H groups in total. The Morgan fingerprint density at radius 2 is 1.95 bits per heavy atom. The predicted molar refractivity (Wildman–Crippen MR) is 81.7 cm³/mol. The van der Waals surface area contributed by atoms with Crippen LogP contribution in [0.2, 0.25) is 0 Å². The molecular formula is C18H21FN2. The van der Waals surface area contributed by atoms with E-state index in [4.69, 9.17) is 0 Å². The predicted octanol–water partition coefficient (Wildman–Crippen LogP) is 4.61. The van der Waals surface area contributed by atoms with Crippen molar-refractivity contribution in [3.05, 3.63) is 59.2 Å². The third-order valence-electron chi connectivity index (χ3n) is 4.71. The van der Waals surface area contributed by atoms with Gasteiger partial charge < -0.3 is 0 Å². The van der Waals surface area contributed by atoms with Crippen molar-refractivity contribution in [2.24, 2.45) is 5.92 Å². The van der Waals surface area contributed by atoms with Gasteiger partial charge in [0.05, 0.1) is 11.4 Å². The molecule has 3 unspecified atom stereocenters. The minimum Gasteiger partial charge on any atom is -0.207 e. The van der Waals surface area contributed by atoms with Crippen molar-refractivity contribution >= 4 is 0 Å². The first-order valence-corrected chi connectivity index (χ1v) is 7.69. The Morgan fingerprint density at radius 1 is 1.10 bits per heavy atom. The number of hydrogen-bond donors (Lipinski definition) is 0. The van der Waals surface area contributed by atoms with E-state index in [2.05, 4.69) is 23.2 Å². The van der Waals surface area contributed by atoms with Crippen molar-refractivity contribution in [3.63, 3.8) is 0 Å². The quantitative estimate of drug-likeness (QED) is 0.804. The highest BCUT2D eigenvalue weighted by Gasteiger charge is 2.30. The molecule has 1 aromatic carbocycles. The van der Waals surface area contributed by atoms with Gasteiger partial charge >= 0.3 is 0 Å². The second-order valence-electron chi connectivity index (χ2n) is 6.25. The lowest BCUT2D eigenvalue weighted by Gasteiger charge is -2.34. The van der Waals surface area contributed by atoms with Crippen LogP contribution in [0.25, 0.3) is 0 Å². The van der Waals surface area contributed by atoms with E-state index >= 15 is 0 Å². The monoisotopic (exact) mass is 284 g/mol. The number of hydrogen-bond acceptors (Lipinski definition) is 2. The van der Waals surface area contributed by atoms with Crippen molar-refractivity contribution in [2.75, 3.05) is 0 Å². The van der Waals surface area contributed by atoms with Gasteiger partial charge in [-0.1, -0.05) is 19.1 Å². The zero-order valence-electron chi connectivity index (χ0n) is 12.6. The molecule has 0 saturated heterocycles. The summed E-state index contributed by atoms with van der Waals surface area (Å²) in [5, 5.41) is 8.56. The largest absolute Gasteiger partial charge is 0.207 e. The molecule has 1 aromatic heterocycles. The van der Waals surface area contributed by atoms with Gasteiger partial charge in [0.15, 0.2) is 0 Å². The van der Waals surface area contributed by atoms with E-state index in [1.54, 1.807) is 6.07 Å². The lowest BCUT2D eigenvalue weighted by Crippen LogP contribution is -2.21. The van der Waals surface area contributed by atoms with Crippen LogP contribution in [-0.4, -0.2) is 10.2 Å². The second kappa shape index (κ2) is 5.92. The second-order valence-corrected chi connectivity index (χ2v) is 6.25. The Hall–Kier alpha value is -1.77. The maximum Gasteiger partial charge on any atom is 0.123 e. The average Bonchev–Trinajstić information content (AvgIpc) is 2.49. The van der Waals surface area contributed by atoms with E-state index in [0.29, 0.717) is 17.8 Å². The van der Waals surface area contributed by atoms with E-state index in [9.17, 15) is 4.39 Å². The molecule has 0 radical (unpaired) electrons. The summed E-state index contributed by atoms with van der Waals surface area (Å²) in [4.78, 5) is 0. The Morgan fingerprint density at radius 3 is 2.67 bits per heavy atom. The Balaban J connectivity index is 1.83. The number of halogens is 1. The van der Waals surface area contributed by atoms with Gasteiger partial charge in [0.1, 0.15) is 5.82 Å². The van der Waals surface area contributed by atoms with E-state index in [0.717, 1.165) is 36.2 Å². The first-order valence-electron chi connectivity index (χ1n) is 7.69. The third kappa shape index (κ3) is 3.12. The Labute approximate surface area is 125 Å². The van der Waals surface area contributed by atoms with Gasteiger partial charge in [0.2, 0.25) is 0 Å². The normalized spacial score (nSPS) is 25.8. The topological polar surface area (TPSA) is 25.8 Å². The fourth-order valence-corrected chi connectivity index (χ4v) is 3.40. The molecule has 2 nitrogen and oxygen atoms in total. The maximum absolute atomic E-state index is 13.4. The Kier molecular flexibility index (Phi) is 4.00. The molecule has 3 atom stereocenters. The molecule has 3 heteroatoms. The zero-order chi connectivity index (χ0) is 14.8. The molecule has 0 amide bonds. The van der Waals surface area contributed by atoms with Crippen molar-refractivity contribution in [2.45, 2.75) is 44.9 Å². The minimum absolute atomic E-state index is 0.141. The molecule has 2 aromatic rings. The van der Waals surface area contributed by atoms with Crippen molar-refractivity contribution in [1.29, 1.82) is 0 Å². The lowest BCUT2D eigenvalue weighted by molar-refractivity contribution is 0.293. The van der Waals surface area contributed by atoms with E-state index < -0.39 is 0 Å². The highest BCUT2D eigenvalue weighted by atomic mass is 19.1. The molecule has 0 aliphatic heterocycles. The van der Waals surface area contributed by atoms with Crippen LogP contribution >= 0.6 is 0 Å². The van der Waals surface area contributed by atoms with E-state index in [1.807, 2.05) is 25.1 Å². The summed E-state index contributed by atoms with van der Waals surface area (Å²) >= 11 is 0. The van der Waals surface area contributed by atoms with Crippen LogP contribution < -0.4 is 0 Å². The van der Waals surface area contributed by atoms with Crippen molar-refractivity contribution in [1.82, 2.24) is 10.2 Å². The molecule has 1 fully saturated rings. The van der Waals surface area contributed by atoms with Gasteiger partial charge in [-0.2, -0.15) is 10.2 Å². The summed E-state index contributed by atoms with van der Waals surface area (Å²) in [5.41, 5.74) is 3.14. The van der Waals surface area contributed by atoms with Crippen LogP contribution in [0.5, 0.6) is 0 Å². The van der Waals surface area contributed by atoms with Crippen molar-refractivity contribution < 1.29 is 4.39 Å². The van der Waals surface area contributed by atoms with Gasteiger partial charge in [-0.05, 0) is 67.9 Å². The van der Waals surface area contributed by atoms with Gasteiger partial charge in [-0.15, -0.1) is 0 Å². The number of benzene rings is 1. The first kappa shape index (κ1) is 14.2. The average molecular weight is 284 g/mol. The minimum atomic E-state index is -0.141. The van der Waals surface area contributed by atoms with Gasteiger partial charge in [-0.3, -0.25) is 0 Å². The third-order valence-corrected chi connectivity index (χ3v) is 4.71. The number of nitrogens with zero attached hydrogens (tertiary/aromatic N) is 2. The number of aromatic nitrogens is 2. The van der Waals surface area contributed by atoms with E-state index in [1.165, 1.54) is 6.07 Å². The van der Waals surface area contributed by atoms with Crippen LogP contribution in [0.4, 0.5) is 4.39 Å². The summed E-state index contributed by atoms with van der Waals surface area (Å²) in [5.74, 6) is 1.30. The summed E-state index contributed by atoms with van der Waals surface area (Å²) in [6.07, 6.45) is 3.31. The molecule has 21 heavy (non-hydrogen) atoms. The first-order chi connectivity index (χ1) is 10.1. The standard InChI is InChI=1S/C18H21FN2/c1-12-6-8-15(14-4-3-5-16(19)10-14)11-17(12)18-9-7-13(2)20-21-18/h3-5,7,9-10,12,15,17H,6,8,11H2,1-2H3. The van der Waals surface area contributed by atoms with Gasteiger partial charge in [0.25, 0.3) is 0 Å². The molecule has 1 saturated carbocycles. The number of aryl methyl sites for hydroxylation is 1. The number of rotatable bonds is 2. The smallest absolute Gasteiger partial charge is 0.123 e. The molecule has 1 aliphatic rings. The molecule has 110 valence electrons. The molecule has 1 aliphatic carbocycles. The zero-order valence-corrected chi connectivity index (χ0v) is 12.6. The Bertz CT molecular complexity index is 609. The fraction of sp³-hybridized carbons (Fsp3) is 0.444. The summed E-state index contributed by atoms with van der Waals surface area (Å²) in [6, 6.07) is 11.2. The molecule has 1 heterocycles. The lowest BCUT2D eigenvalue weighted by atomic mass is 9.71. The maximum atomic E-state index is 13.4. The van der Waals surface area contributed by atoms with Crippen LogP contribution in [-0.2, 0) is 0 Å². The highest BCUT2D eigenvalue weighted by molar-refractivity contribution is 5.23. The van der Waals surface area contributed by atoms with Crippen LogP contribution in [0.15, 0.2) is 36.4 Å². The van der Waals surface area contributed by atoms with Gasteiger partial charge in [0, 0.05) is 5.92 Å². The molecule has 0 spiro atoms. The fourth-order valence-electron chi connectivity index (χ4n) is 3.40.